The Morgan fingerprint density at radius 2 is 1.89 bits per heavy atom. The zero-order valence-corrected chi connectivity index (χ0v) is 15.0. The molecule has 2 aromatic heterocycles. The Balaban J connectivity index is 1.76. The zero-order chi connectivity index (χ0) is 19.2. The number of hydrogen-bond acceptors (Lipinski definition) is 5. The molecule has 0 bridgehead atoms. The van der Waals surface area contributed by atoms with Crippen molar-refractivity contribution in [3.05, 3.63) is 81.9 Å². The Hall–Kier alpha value is -3.61. The molecule has 2 heterocycles. The number of carbonyl (C=O) groups is 1. The molecule has 138 valence electrons. The molecule has 0 atom stereocenters. The summed E-state index contributed by atoms with van der Waals surface area (Å²) < 4.78 is 11.1. The smallest absolute Gasteiger partial charge is 0.260 e. The van der Waals surface area contributed by atoms with Crippen LogP contribution in [0.5, 0.6) is 17.4 Å². The van der Waals surface area contributed by atoms with Crippen molar-refractivity contribution in [3.63, 3.8) is 0 Å². The van der Waals surface area contributed by atoms with E-state index in [0.29, 0.717) is 28.6 Å². The minimum Gasteiger partial charge on any atom is -0.493 e. The molecule has 0 aliphatic heterocycles. The minimum atomic E-state index is -0.469. The van der Waals surface area contributed by atoms with Gasteiger partial charge in [0.15, 0.2) is 11.5 Å². The van der Waals surface area contributed by atoms with E-state index >= 15 is 0 Å². The molecule has 0 unspecified atom stereocenters. The number of methoxy groups -OCH3 is 1. The van der Waals surface area contributed by atoms with Crippen molar-refractivity contribution < 1.29 is 14.3 Å². The van der Waals surface area contributed by atoms with Crippen molar-refractivity contribution in [1.29, 1.82) is 0 Å². The fourth-order valence-corrected chi connectivity index (χ4v) is 2.48. The molecule has 0 saturated carbocycles. The van der Waals surface area contributed by atoms with E-state index in [4.69, 9.17) is 9.47 Å². The number of aryl methyl sites for hydroxylation is 1. The van der Waals surface area contributed by atoms with Crippen LogP contribution in [0.4, 0.5) is 0 Å². The van der Waals surface area contributed by atoms with E-state index in [-0.39, 0.29) is 12.1 Å². The van der Waals surface area contributed by atoms with Gasteiger partial charge in [-0.2, -0.15) is 0 Å². The fraction of sp³-hybridized carbons (Fsp3) is 0.150. The van der Waals surface area contributed by atoms with Gasteiger partial charge in [0.2, 0.25) is 5.88 Å². The summed E-state index contributed by atoms with van der Waals surface area (Å²) in [5, 5.41) is 2.72. The number of aromatic nitrogens is 2. The third kappa shape index (κ3) is 4.33. The predicted molar refractivity (Wildman–Crippen MR) is 100 cm³/mol. The van der Waals surface area contributed by atoms with Gasteiger partial charge in [-0.3, -0.25) is 9.59 Å². The van der Waals surface area contributed by atoms with E-state index in [9.17, 15) is 9.59 Å². The molecule has 0 saturated heterocycles. The SMILES string of the molecule is COc1ccccc1Oc1ncccc1CNC(=O)c1ccc(C)[nH]c1=O. The zero-order valence-electron chi connectivity index (χ0n) is 15.0. The van der Waals surface area contributed by atoms with Crippen LogP contribution >= 0.6 is 0 Å². The Labute approximate surface area is 156 Å². The van der Waals surface area contributed by atoms with Crippen LogP contribution in [0.1, 0.15) is 21.6 Å². The normalized spacial score (nSPS) is 10.3. The van der Waals surface area contributed by atoms with E-state index in [0.717, 1.165) is 0 Å². The van der Waals surface area contributed by atoms with Gasteiger partial charge in [-0.25, -0.2) is 4.98 Å². The van der Waals surface area contributed by atoms with Crippen molar-refractivity contribution in [2.24, 2.45) is 0 Å². The lowest BCUT2D eigenvalue weighted by Crippen LogP contribution is -2.29. The fourth-order valence-electron chi connectivity index (χ4n) is 2.48. The largest absolute Gasteiger partial charge is 0.493 e. The highest BCUT2D eigenvalue weighted by molar-refractivity contribution is 5.93. The minimum absolute atomic E-state index is 0.0525. The molecule has 3 rings (SSSR count). The van der Waals surface area contributed by atoms with E-state index < -0.39 is 11.5 Å². The van der Waals surface area contributed by atoms with Crippen molar-refractivity contribution >= 4 is 5.91 Å². The van der Waals surface area contributed by atoms with Crippen LogP contribution in [0.15, 0.2) is 59.5 Å². The number of H-pyrrole nitrogens is 1. The molecule has 1 amide bonds. The lowest BCUT2D eigenvalue weighted by molar-refractivity contribution is 0.0949. The van der Waals surface area contributed by atoms with Crippen LogP contribution < -0.4 is 20.3 Å². The third-order valence-electron chi connectivity index (χ3n) is 3.87. The molecule has 7 nitrogen and oxygen atoms in total. The summed E-state index contributed by atoms with van der Waals surface area (Å²) in [7, 11) is 1.56. The molecule has 0 aliphatic rings. The van der Waals surface area contributed by atoms with Crippen LogP contribution in [0.2, 0.25) is 0 Å². The average Bonchev–Trinajstić information content (AvgIpc) is 2.67. The highest BCUT2D eigenvalue weighted by Gasteiger charge is 2.13. The van der Waals surface area contributed by atoms with Crippen LogP contribution in [-0.2, 0) is 6.54 Å². The Morgan fingerprint density at radius 3 is 2.63 bits per heavy atom. The van der Waals surface area contributed by atoms with Crippen LogP contribution in [0, 0.1) is 6.92 Å². The van der Waals surface area contributed by atoms with E-state index in [1.165, 1.54) is 6.07 Å². The number of carbonyl (C=O) groups excluding carboxylic acids is 1. The molecule has 3 aromatic rings. The monoisotopic (exact) mass is 365 g/mol. The first-order chi connectivity index (χ1) is 13.1. The van der Waals surface area contributed by atoms with Crippen molar-refractivity contribution in [1.82, 2.24) is 15.3 Å². The lowest BCUT2D eigenvalue weighted by Gasteiger charge is -2.13. The second-order valence-electron chi connectivity index (χ2n) is 5.79. The molecule has 0 aliphatic carbocycles. The summed E-state index contributed by atoms with van der Waals surface area (Å²) in [5.74, 6) is 0.967. The number of para-hydroxylation sites is 2. The van der Waals surface area contributed by atoms with Crippen molar-refractivity contribution in [2.45, 2.75) is 13.5 Å². The molecular weight excluding hydrogens is 346 g/mol. The molecule has 0 spiro atoms. The van der Waals surface area contributed by atoms with Gasteiger partial charge < -0.3 is 19.8 Å². The summed E-state index contributed by atoms with van der Waals surface area (Å²) in [6, 6.07) is 13.9. The predicted octanol–water partition coefficient (Wildman–Crippen LogP) is 2.81. The van der Waals surface area contributed by atoms with Gasteiger partial charge in [0.1, 0.15) is 5.56 Å². The first-order valence-corrected chi connectivity index (χ1v) is 8.31. The summed E-state index contributed by atoms with van der Waals surface area (Å²) in [6.07, 6.45) is 1.60. The quantitative estimate of drug-likeness (QED) is 0.701. The number of ether oxygens (including phenoxy) is 2. The number of hydrogen-bond donors (Lipinski definition) is 2. The van der Waals surface area contributed by atoms with Gasteiger partial charge in [0, 0.05) is 24.0 Å². The van der Waals surface area contributed by atoms with Crippen molar-refractivity contribution in [3.8, 4) is 17.4 Å². The standard InChI is InChI=1S/C20H19N3O4/c1-13-9-10-15(19(25)23-13)18(24)22-12-14-6-5-11-21-20(14)27-17-8-4-3-7-16(17)26-2/h3-11H,12H2,1-2H3,(H,22,24)(H,23,25). The topological polar surface area (TPSA) is 93.3 Å². The number of amides is 1. The van der Waals surface area contributed by atoms with Gasteiger partial charge in [0.05, 0.1) is 7.11 Å². The maximum absolute atomic E-state index is 12.3. The van der Waals surface area contributed by atoms with E-state index in [1.807, 2.05) is 12.1 Å². The van der Waals surface area contributed by atoms with E-state index in [1.54, 1.807) is 50.6 Å². The molecule has 7 heteroatoms. The molecular formula is C20H19N3O4. The Kier molecular flexibility index (Phi) is 5.51. The summed E-state index contributed by atoms with van der Waals surface area (Å²) in [6.45, 7) is 1.91. The first-order valence-electron chi connectivity index (χ1n) is 8.31. The maximum atomic E-state index is 12.3. The number of nitrogens with one attached hydrogen (secondary N) is 2. The van der Waals surface area contributed by atoms with Gasteiger partial charge >= 0.3 is 0 Å². The Bertz CT molecular complexity index is 1010. The molecule has 27 heavy (non-hydrogen) atoms. The first kappa shape index (κ1) is 18.2. The number of pyridine rings is 2. The van der Waals surface area contributed by atoms with Crippen LogP contribution in [-0.4, -0.2) is 23.0 Å². The van der Waals surface area contributed by atoms with Gasteiger partial charge in [-0.1, -0.05) is 18.2 Å². The van der Waals surface area contributed by atoms with Gasteiger partial charge in [-0.15, -0.1) is 0 Å². The van der Waals surface area contributed by atoms with Crippen molar-refractivity contribution in [2.75, 3.05) is 7.11 Å². The summed E-state index contributed by atoms with van der Waals surface area (Å²) in [4.78, 5) is 31.1. The van der Waals surface area contributed by atoms with Crippen LogP contribution in [0.25, 0.3) is 0 Å². The summed E-state index contributed by atoms with van der Waals surface area (Å²) >= 11 is 0. The highest BCUT2D eigenvalue weighted by Crippen LogP contribution is 2.31. The molecule has 2 N–H and O–H groups in total. The second-order valence-corrected chi connectivity index (χ2v) is 5.79. The van der Waals surface area contributed by atoms with E-state index in [2.05, 4.69) is 15.3 Å². The highest BCUT2D eigenvalue weighted by atomic mass is 16.5. The maximum Gasteiger partial charge on any atom is 0.260 e. The molecule has 1 aromatic carbocycles. The number of aromatic amines is 1. The number of rotatable bonds is 6. The third-order valence-corrected chi connectivity index (χ3v) is 3.87. The Morgan fingerprint density at radius 1 is 1.11 bits per heavy atom. The number of benzene rings is 1. The lowest BCUT2D eigenvalue weighted by atomic mass is 10.2. The van der Waals surface area contributed by atoms with Gasteiger partial charge in [-0.05, 0) is 37.3 Å². The number of nitrogens with zero attached hydrogens (tertiary/aromatic N) is 1. The average molecular weight is 365 g/mol. The molecule has 0 fully saturated rings. The summed E-state index contributed by atoms with van der Waals surface area (Å²) in [5.41, 5.74) is 0.984. The molecule has 0 radical (unpaired) electrons. The van der Waals surface area contributed by atoms with Gasteiger partial charge in [0.25, 0.3) is 11.5 Å². The van der Waals surface area contributed by atoms with Crippen LogP contribution in [0.3, 0.4) is 0 Å². The second kappa shape index (κ2) is 8.18.